The van der Waals surface area contributed by atoms with Gasteiger partial charge in [0.05, 0.1) is 0 Å². The molecular formula is C21H21NiO3P. The molecule has 0 amide bonds. The number of rotatable bonds is 6. The molecule has 0 bridgehead atoms. The van der Waals surface area contributed by atoms with Crippen molar-refractivity contribution in [3.8, 4) is 17.2 Å². The summed E-state index contributed by atoms with van der Waals surface area (Å²) in [5, 5.41) is 0. The third-order valence-corrected chi connectivity index (χ3v) is 4.84. The van der Waals surface area contributed by atoms with Gasteiger partial charge in [-0.3, -0.25) is 0 Å². The standard InChI is InChI=1S/C21H21O3P.Ni/c1-16-10-4-7-13-19(16)22-25(23-20-14-8-5-11-17(20)2)24-21-15-9-6-12-18(21)3;/h4-15H,1-3H3;. The summed E-state index contributed by atoms with van der Waals surface area (Å²) in [7, 11) is -1.64. The largest absolute Gasteiger partial charge is 0.530 e. The molecule has 5 heteroatoms. The van der Waals surface area contributed by atoms with Crippen molar-refractivity contribution in [1.82, 2.24) is 0 Å². The van der Waals surface area contributed by atoms with E-state index in [0.717, 1.165) is 33.9 Å². The topological polar surface area (TPSA) is 27.7 Å². The number of hydrogen-bond donors (Lipinski definition) is 0. The predicted octanol–water partition coefficient (Wildman–Crippen LogP) is 6.37. The molecule has 3 rings (SSSR count). The summed E-state index contributed by atoms with van der Waals surface area (Å²) >= 11 is 0. The molecule has 3 aromatic rings. The van der Waals surface area contributed by atoms with Gasteiger partial charge in [0.2, 0.25) is 0 Å². The van der Waals surface area contributed by atoms with Crippen LogP contribution in [0.15, 0.2) is 72.8 Å². The molecule has 0 aromatic heterocycles. The first-order valence-corrected chi connectivity index (χ1v) is 9.24. The molecule has 0 aliphatic carbocycles. The van der Waals surface area contributed by atoms with Crippen molar-refractivity contribution >= 4 is 8.60 Å². The molecule has 0 aliphatic heterocycles. The van der Waals surface area contributed by atoms with Crippen LogP contribution in [0.25, 0.3) is 0 Å². The second kappa shape index (κ2) is 9.62. The summed E-state index contributed by atoms with van der Waals surface area (Å²) in [6, 6.07) is 23.6. The zero-order valence-corrected chi connectivity index (χ0v) is 16.8. The Balaban J connectivity index is 0.00000243. The van der Waals surface area contributed by atoms with Crippen molar-refractivity contribution in [2.24, 2.45) is 0 Å². The van der Waals surface area contributed by atoms with Gasteiger partial charge in [0.1, 0.15) is 17.2 Å². The molecule has 0 spiro atoms. The van der Waals surface area contributed by atoms with Gasteiger partial charge in [0.15, 0.2) is 0 Å². The van der Waals surface area contributed by atoms with Crippen molar-refractivity contribution in [3.63, 3.8) is 0 Å². The first kappa shape index (κ1) is 20.3. The molecule has 3 nitrogen and oxygen atoms in total. The van der Waals surface area contributed by atoms with E-state index in [1.165, 1.54) is 0 Å². The van der Waals surface area contributed by atoms with E-state index in [1.807, 2.05) is 93.6 Å². The molecule has 0 heterocycles. The van der Waals surface area contributed by atoms with Gasteiger partial charge in [-0.05, 0) is 55.7 Å². The summed E-state index contributed by atoms with van der Waals surface area (Å²) in [6.07, 6.45) is 0. The Morgan fingerprint density at radius 2 is 0.769 bits per heavy atom. The van der Waals surface area contributed by atoms with Gasteiger partial charge in [0, 0.05) is 16.5 Å². The fraction of sp³-hybridized carbons (Fsp3) is 0.143. The van der Waals surface area contributed by atoms with Crippen LogP contribution in [0.4, 0.5) is 0 Å². The second-order valence-corrected chi connectivity index (χ2v) is 6.79. The van der Waals surface area contributed by atoms with E-state index in [1.54, 1.807) is 0 Å². The third-order valence-electron chi connectivity index (χ3n) is 3.80. The zero-order valence-electron chi connectivity index (χ0n) is 14.9. The Hall–Kier alpha value is -2.02. The minimum absolute atomic E-state index is 0. The second-order valence-electron chi connectivity index (χ2n) is 5.79. The van der Waals surface area contributed by atoms with Crippen LogP contribution >= 0.6 is 8.60 Å². The molecule has 3 aromatic carbocycles. The number of aryl methyl sites for hydroxylation is 3. The molecule has 0 saturated heterocycles. The fourth-order valence-corrected chi connectivity index (χ4v) is 3.48. The predicted molar refractivity (Wildman–Crippen MR) is 102 cm³/mol. The van der Waals surface area contributed by atoms with E-state index in [0.29, 0.717) is 0 Å². The van der Waals surface area contributed by atoms with Crippen molar-refractivity contribution in [2.75, 3.05) is 0 Å². The van der Waals surface area contributed by atoms with Crippen LogP contribution in [0.5, 0.6) is 17.2 Å². The summed E-state index contributed by atoms with van der Waals surface area (Å²) in [4.78, 5) is 0. The quantitative estimate of drug-likeness (QED) is 0.349. The van der Waals surface area contributed by atoms with E-state index in [4.69, 9.17) is 13.6 Å². The number of benzene rings is 3. The molecule has 138 valence electrons. The van der Waals surface area contributed by atoms with E-state index in [2.05, 4.69) is 0 Å². The van der Waals surface area contributed by atoms with Crippen LogP contribution in [0.1, 0.15) is 16.7 Å². The van der Waals surface area contributed by atoms with Crippen LogP contribution in [0.2, 0.25) is 0 Å². The number of hydrogen-bond acceptors (Lipinski definition) is 3. The normalized spacial score (nSPS) is 10.2. The average molecular weight is 411 g/mol. The Kier molecular flexibility index (Phi) is 7.51. The minimum atomic E-state index is -1.64. The molecule has 0 fully saturated rings. The van der Waals surface area contributed by atoms with Crippen LogP contribution in [0.3, 0.4) is 0 Å². The van der Waals surface area contributed by atoms with Gasteiger partial charge >= 0.3 is 8.60 Å². The van der Waals surface area contributed by atoms with E-state index in [-0.39, 0.29) is 16.5 Å². The summed E-state index contributed by atoms with van der Waals surface area (Å²) in [5.41, 5.74) is 3.12. The third kappa shape index (κ3) is 5.24. The molecule has 0 aliphatic rings. The summed E-state index contributed by atoms with van der Waals surface area (Å²) in [6.45, 7) is 6.01. The van der Waals surface area contributed by atoms with Crippen LogP contribution < -0.4 is 13.6 Å². The Morgan fingerprint density at radius 3 is 1.04 bits per heavy atom. The van der Waals surface area contributed by atoms with Gasteiger partial charge in [-0.1, -0.05) is 54.6 Å². The van der Waals surface area contributed by atoms with E-state index < -0.39 is 8.60 Å². The van der Waals surface area contributed by atoms with Gasteiger partial charge in [-0.2, -0.15) is 0 Å². The van der Waals surface area contributed by atoms with Crippen LogP contribution in [-0.4, -0.2) is 0 Å². The van der Waals surface area contributed by atoms with Gasteiger partial charge < -0.3 is 13.6 Å². The maximum Gasteiger partial charge on any atom is 0.530 e. The molecule has 0 unspecified atom stereocenters. The van der Waals surface area contributed by atoms with Crippen molar-refractivity contribution in [1.29, 1.82) is 0 Å². The molecule has 0 radical (unpaired) electrons. The first-order valence-electron chi connectivity index (χ1n) is 8.14. The van der Waals surface area contributed by atoms with Crippen LogP contribution in [-0.2, 0) is 16.5 Å². The van der Waals surface area contributed by atoms with E-state index in [9.17, 15) is 0 Å². The Labute approximate surface area is 166 Å². The average Bonchev–Trinajstić information content (AvgIpc) is 2.61. The van der Waals surface area contributed by atoms with Crippen LogP contribution in [0, 0.1) is 20.8 Å². The molecule has 0 N–H and O–H groups in total. The zero-order chi connectivity index (χ0) is 17.6. The Bertz CT molecular complexity index is 741. The monoisotopic (exact) mass is 410 g/mol. The summed E-state index contributed by atoms with van der Waals surface area (Å²) < 4.78 is 18.3. The SMILES string of the molecule is Cc1ccccc1OP(Oc1ccccc1C)Oc1ccccc1C.[Ni]. The van der Waals surface area contributed by atoms with Crippen molar-refractivity contribution in [2.45, 2.75) is 20.8 Å². The van der Waals surface area contributed by atoms with Gasteiger partial charge in [-0.25, -0.2) is 0 Å². The van der Waals surface area contributed by atoms with Crippen molar-refractivity contribution in [3.05, 3.63) is 89.5 Å². The van der Waals surface area contributed by atoms with Gasteiger partial charge in [-0.15, -0.1) is 0 Å². The maximum atomic E-state index is 6.08. The molecular weight excluding hydrogens is 390 g/mol. The van der Waals surface area contributed by atoms with Gasteiger partial charge in [0.25, 0.3) is 0 Å². The fourth-order valence-electron chi connectivity index (χ4n) is 2.27. The maximum absolute atomic E-state index is 6.08. The first-order chi connectivity index (χ1) is 12.1. The summed E-state index contributed by atoms with van der Waals surface area (Å²) in [5.74, 6) is 2.28. The van der Waals surface area contributed by atoms with E-state index >= 15 is 0 Å². The number of para-hydroxylation sites is 3. The smallest absolute Gasteiger partial charge is 0.408 e. The minimum Gasteiger partial charge on any atom is -0.408 e. The molecule has 26 heavy (non-hydrogen) atoms. The van der Waals surface area contributed by atoms with Crippen molar-refractivity contribution < 1.29 is 30.1 Å². The molecule has 0 atom stereocenters. The Morgan fingerprint density at radius 1 is 0.500 bits per heavy atom. The molecule has 0 saturated carbocycles.